The van der Waals surface area contributed by atoms with Crippen LogP contribution >= 0.6 is 39.9 Å². The first-order valence-corrected chi connectivity index (χ1v) is 7.89. The average Bonchev–Trinajstić information content (AvgIpc) is 3.23. The molecule has 1 fully saturated rings. The first-order valence-electron chi connectivity index (χ1n) is 7.10. The van der Waals surface area contributed by atoms with Crippen molar-refractivity contribution in [3.05, 3.63) is 47.0 Å². The lowest BCUT2D eigenvalue weighted by atomic mass is 9.96. The molecule has 0 atom stereocenters. The number of benzene rings is 1. The maximum Gasteiger partial charge on any atom is 0.191 e. The second-order valence-electron chi connectivity index (χ2n) is 5.12. The monoisotopic (exact) mass is 463 g/mol. The van der Waals surface area contributed by atoms with Gasteiger partial charge in [-0.05, 0) is 31.4 Å². The van der Waals surface area contributed by atoms with Crippen molar-refractivity contribution < 1.29 is 0 Å². The zero-order chi connectivity index (χ0) is 14.4. The molecule has 1 aromatic carbocycles. The van der Waals surface area contributed by atoms with Gasteiger partial charge >= 0.3 is 0 Å². The van der Waals surface area contributed by atoms with Gasteiger partial charge in [-0.1, -0.05) is 40.2 Å². The number of aliphatic imine (C=N–C) groups is 1. The lowest BCUT2D eigenvalue weighted by molar-refractivity contribution is 0.692. The maximum absolute atomic E-state index is 4.73. The molecule has 0 aliphatic heterocycles. The summed E-state index contributed by atoms with van der Waals surface area (Å²) in [6, 6.07) is 8.48. The number of nitrogens with one attached hydrogen (secondary N) is 2. The van der Waals surface area contributed by atoms with Crippen molar-refractivity contribution >= 4 is 45.9 Å². The van der Waals surface area contributed by atoms with Gasteiger partial charge in [0, 0.05) is 23.0 Å². The second kappa shape index (κ2) is 8.78. The topological polar surface area (TPSA) is 36.4 Å². The molecule has 2 rings (SSSR count). The van der Waals surface area contributed by atoms with Crippen LogP contribution in [0.4, 0.5) is 0 Å². The van der Waals surface area contributed by atoms with Crippen molar-refractivity contribution in [2.45, 2.75) is 25.2 Å². The maximum atomic E-state index is 4.73. The first-order chi connectivity index (χ1) is 9.72. The molecule has 0 aromatic heterocycles. The van der Waals surface area contributed by atoms with Crippen LogP contribution < -0.4 is 10.6 Å². The molecule has 1 saturated carbocycles. The molecule has 0 unspecified atom stereocenters. The Bertz CT molecular complexity index is 498. The molecule has 116 valence electrons. The van der Waals surface area contributed by atoms with Crippen LogP contribution in [-0.4, -0.2) is 25.6 Å². The highest BCUT2D eigenvalue weighted by Crippen LogP contribution is 2.50. The van der Waals surface area contributed by atoms with Gasteiger partial charge in [-0.25, -0.2) is 0 Å². The number of guanidine groups is 1. The van der Waals surface area contributed by atoms with E-state index in [1.807, 2.05) is 6.08 Å². The number of hydrogen-bond donors (Lipinski definition) is 2. The molecule has 0 heterocycles. The van der Waals surface area contributed by atoms with Crippen molar-refractivity contribution in [3.63, 3.8) is 0 Å². The Morgan fingerprint density at radius 3 is 2.67 bits per heavy atom. The molecule has 0 saturated heterocycles. The van der Waals surface area contributed by atoms with E-state index in [4.69, 9.17) is 4.99 Å². The van der Waals surface area contributed by atoms with Gasteiger partial charge in [0.15, 0.2) is 5.96 Å². The minimum absolute atomic E-state index is 0. The minimum atomic E-state index is 0. The standard InChI is InChI=1S/C16H22BrN3.HI/c1-3-11-19-15(18-4-2)20-12-16(9-10-16)13-7-5-6-8-14(13)17;/h3,5-8H,1,4,9-12H2,2H3,(H2,18,19,20);1H. The summed E-state index contributed by atoms with van der Waals surface area (Å²) < 4.78 is 1.19. The van der Waals surface area contributed by atoms with Crippen molar-refractivity contribution in [1.82, 2.24) is 10.6 Å². The van der Waals surface area contributed by atoms with Crippen molar-refractivity contribution in [3.8, 4) is 0 Å². The number of hydrogen-bond acceptors (Lipinski definition) is 1. The van der Waals surface area contributed by atoms with Gasteiger partial charge in [0.25, 0.3) is 0 Å². The average molecular weight is 464 g/mol. The Kier molecular flexibility index (Phi) is 7.73. The van der Waals surface area contributed by atoms with Gasteiger partial charge in [-0.2, -0.15) is 0 Å². The SMILES string of the molecule is C=CCNC(=NCC1(c2ccccc2Br)CC1)NCC.I. The van der Waals surface area contributed by atoms with Crippen LogP contribution in [-0.2, 0) is 5.41 Å². The summed E-state index contributed by atoms with van der Waals surface area (Å²) in [5.74, 6) is 0.866. The van der Waals surface area contributed by atoms with Crippen LogP contribution in [0.2, 0.25) is 0 Å². The molecule has 1 aliphatic rings. The van der Waals surface area contributed by atoms with Crippen molar-refractivity contribution in [2.24, 2.45) is 4.99 Å². The zero-order valence-electron chi connectivity index (χ0n) is 12.4. The molecule has 1 aliphatic carbocycles. The summed E-state index contributed by atoms with van der Waals surface area (Å²) in [6.07, 6.45) is 4.26. The van der Waals surface area contributed by atoms with Crippen LogP contribution in [0, 0.1) is 0 Å². The second-order valence-corrected chi connectivity index (χ2v) is 5.98. The largest absolute Gasteiger partial charge is 0.357 e. The third-order valence-electron chi connectivity index (χ3n) is 3.60. The molecule has 0 amide bonds. The van der Waals surface area contributed by atoms with E-state index in [0.29, 0.717) is 0 Å². The molecular formula is C16H23BrIN3. The van der Waals surface area contributed by atoms with E-state index in [9.17, 15) is 0 Å². The Labute approximate surface area is 152 Å². The fourth-order valence-electron chi connectivity index (χ4n) is 2.30. The molecule has 1 aromatic rings. The predicted octanol–water partition coefficient (Wildman–Crippen LogP) is 3.84. The number of nitrogens with zero attached hydrogens (tertiary/aromatic N) is 1. The van der Waals surface area contributed by atoms with Crippen LogP contribution in [0.25, 0.3) is 0 Å². The third kappa shape index (κ3) is 4.98. The first kappa shape index (κ1) is 18.5. The highest BCUT2D eigenvalue weighted by Gasteiger charge is 2.45. The number of halogens is 2. The number of rotatable bonds is 6. The Hall–Kier alpha value is -0.560. The molecule has 0 radical (unpaired) electrons. The summed E-state index contributed by atoms with van der Waals surface area (Å²) >= 11 is 3.66. The Morgan fingerprint density at radius 2 is 2.10 bits per heavy atom. The van der Waals surface area contributed by atoms with Crippen molar-refractivity contribution in [1.29, 1.82) is 0 Å². The fourth-order valence-corrected chi connectivity index (χ4v) is 3.00. The smallest absolute Gasteiger partial charge is 0.191 e. The fraction of sp³-hybridized carbons (Fsp3) is 0.438. The van der Waals surface area contributed by atoms with Crippen molar-refractivity contribution in [2.75, 3.05) is 19.6 Å². The Balaban J connectivity index is 0.00000220. The van der Waals surface area contributed by atoms with Crippen LogP contribution in [0.5, 0.6) is 0 Å². The predicted molar refractivity (Wildman–Crippen MR) is 105 cm³/mol. The zero-order valence-corrected chi connectivity index (χ0v) is 16.3. The quantitative estimate of drug-likeness (QED) is 0.291. The molecule has 0 bridgehead atoms. The van der Waals surface area contributed by atoms with E-state index >= 15 is 0 Å². The van der Waals surface area contributed by atoms with Crippen LogP contribution in [0.15, 0.2) is 46.4 Å². The van der Waals surface area contributed by atoms with Crippen LogP contribution in [0.1, 0.15) is 25.3 Å². The summed E-state index contributed by atoms with van der Waals surface area (Å²) in [4.78, 5) is 4.73. The van der Waals surface area contributed by atoms with Gasteiger partial charge in [-0.3, -0.25) is 4.99 Å². The van der Waals surface area contributed by atoms with Gasteiger partial charge in [0.2, 0.25) is 0 Å². The van der Waals surface area contributed by atoms with Crippen LogP contribution in [0.3, 0.4) is 0 Å². The molecule has 0 spiro atoms. The summed E-state index contributed by atoms with van der Waals surface area (Å²) in [7, 11) is 0. The van der Waals surface area contributed by atoms with E-state index in [0.717, 1.165) is 25.6 Å². The van der Waals surface area contributed by atoms with Gasteiger partial charge in [-0.15, -0.1) is 30.6 Å². The van der Waals surface area contributed by atoms with Gasteiger partial charge in [0.1, 0.15) is 0 Å². The Morgan fingerprint density at radius 1 is 1.38 bits per heavy atom. The van der Waals surface area contributed by atoms with Gasteiger partial charge < -0.3 is 10.6 Å². The van der Waals surface area contributed by atoms with E-state index in [-0.39, 0.29) is 29.4 Å². The lowest BCUT2D eigenvalue weighted by Gasteiger charge is -2.16. The molecule has 21 heavy (non-hydrogen) atoms. The molecule has 5 heteroatoms. The lowest BCUT2D eigenvalue weighted by Crippen LogP contribution is -2.38. The van der Waals surface area contributed by atoms with E-state index in [2.05, 4.69) is 64.3 Å². The highest BCUT2D eigenvalue weighted by atomic mass is 127. The summed E-state index contributed by atoms with van der Waals surface area (Å²) in [5, 5.41) is 6.51. The summed E-state index contributed by atoms with van der Waals surface area (Å²) in [5.41, 5.74) is 1.60. The normalized spacial score (nSPS) is 15.8. The highest BCUT2D eigenvalue weighted by molar-refractivity contribution is 14.0. The van der Waals surface area contributed by atoms with Gasteiger partial charge in [0.05, 0.1) is 6.54 Å². The third-order valence-corrected chi connectivity index (χ3v) is 4.29. The molecular weight excluding hydrogens is 441 g/mol. The molecule has 2 N–H and O–H groups in total. The minimum Gasteiger partial charge on any atom is -0.357 e. The van der Waals surface area contributed by atoms with E-state index in [1.165, 1.54) is 22.9 Å². The van der Waals surface area contributed by atoms with E-state index in [1.54, 1.807) is 0 Å². The van der Waals surface area contributed by atoms with E-state index < -0.39 is 0 Å². The summed E-state index contributed by atoms with van der Waals surface area (Å²) in [6.45, 7) is 8.21. The molecule has 3 nitrogen and oxygen atoms in total.